The van der Waals surface area contributed by atoms with Crippen LogP contribution in [0.1, 0.15) is 63.4 Å². The zero-order chi connectivity index (χ0) is 30.0. The van der Waals surface area contributed by atoms with E-state index in [1.165, 1.54) is 0 Å². The van der Waals surface area contributed by atoms with E-state index in [0.29, 0.717) is 32.4 Å². The van der Waals surface area contributed by atoms with Crippen LogP contribution < -0.4 is 10.2 Å². The molecule has 0 bridgehead atoms. The number of carbonyl (C=O) groups is 2. The van der Waals surface area contributed by atoms with Crippen molar-refractivity contribution >= 4 is 25.3 Å². The molecule has 1 atom stereocenters. The van der Waals surface area contributed by atoms with Gasteiger partial charge in [-0.15, -0.1) is 5.10 Å². The normalized spacial score (nSPS) is 13.7. The third-order valence-corrected chi connectivity index (χ3v) is 8.32. The van der Waals surface area contributed by atoms with Crippen LogP contribution in [0.2, 0.25) is 0 Å². The van der Waals surface area contributed by atoms with Crippen molar-refractivity contribution in [3.8, 4) is 22.5 Å². The minimum Gasteiger partial charge on any atom is -0.356 e. The summed E-state index contributed by atoms with van der Waals surface area (Å²) in [5.41, 5.74) is 5.52. The fraction of sp³-hybridized carbons (Fsp3) is 0.467. The first-order valence-electron chi connectivity index (χ1n) is 14.5. The quantitative estimate of drug-likeness (QED) is 0.176. The summed E-state index contributed by atoms with van der Waals surface area (Å²) in [5, 5.41) is 11.7. The number of nitrogens with zero attached hydrogens (tertiary/aromatic N) is 4. The number of phosphoric acid groups is 1. The van der Waals surface area contributed by atoms with Crippen molar-refractivity contribution in [2.24, 2.45) is 7.05 Å². The Hall–Kier alpha value is -3.37. The highest BCUT2D eigenvalue weighted by molar-refractivity contribution is 7.47. The SMILES string of the molecule is COP(=O)(O)OCCCCCNC(=O)CCCCCCC(=O)N1Cc2ccccc2-c2nnn(C)c2-c2ccccc21. The second kappa shape index (κ2) is 15.2. The van der Waals surface area contributed by atoms with Crippen LogP contribution in [0.4, 0.5) is 5.69 Å². The van der Waals surface area contributed by atoms with Crippen LogP contribution in [0.25, 0.3) is 22.5 Å². The predicted octanol–water partition coefficient (Wildman–Crippen LogP) is 5.39. The molecule has 0 aliphatic carbocycles. The summed E-state index contributed by atoms with van der Waals surface area (Å²) in [6.07, 6.45) is 6.31. The summed E-state index contributed by atoms with van der Waals surface area (Å²) in [5.74, 6) is 0.0875. The van der Waals surface area contributed by atoms with Crippen LogP contribution >= 0.6 is 7.82 Å². The van der Waals surface area contributed by atoms with Crippen molar-refractivity contribution in [2.45, 2.75) is 64.3 Å². The Balaban J connectivity index is 1.21. The molecular formula is C30H40N5O6P. The molecule has 0 saturated heterocycles. The molecule has 3 aromatic rings. The smallest absolute Gasteiger partial charge is 0.356 e. The molecule has 4 rings (SSSR count). The molecule has 2 amide bonds. The van der Waals surface area contributed by atoms with E-state index < -0.39 is 7.82 Å². The zero-order valence-electron chi connectivity index (χ0n) is 24.3. The van der Waals surface area contributed by atoms with Crippen molar-refractivity contribution in [1.29, 1.82) is 0 Å². The topological polar surface area (TPSA) is 136 Å². The molecular weight excluding hydrogens is 557 g/mol. The van der Waals surface area contributed by atoms with E-state index in [-0.39, 0.29) is 18.4 Å². The molecule has 2 heterocycles. The fourth-order valence-corrected chi connectivity index (χ4v) is 5.59. The van der Waals surface area contributed by atoms with Crippen LogP contribution in [0.5, 0.6) is 0 Å². The molecule has 2 N–H and O–H groups in total. The van der Waals surface area contributed by atoms with E-state index in [9.17, 15) is 19.0 Å². The molecule has 1 aliphatic rings. The molecule has 0 saturated carbocycles. The average Bonchev–Trinajstić information content (AvgIpc) is 3.36. The monoisotopic (exact) mass is 597 g/mol. The Morgan fingerprint density at radius 1 is 0.952 bits per heavy atom. The molecule has 1 unspecified atom stereocenters. The van der Waals surface area contributed by atoms with E-state index in [0.717, 1.165) is 79.4 Å². The number of unbranched alkanes of at least 4 members (excludes halogenated alkanes) is 5. The van der Waals surface area contributed by atoms with Gasteiger partial charge in [-0.2, -0.15) is 0 Å². The van der Waals surface area contributed by atoms with Gasteiger partial charge in [0.2, 0.25) is 11.8 Å². The van der Waals surface area contributed by atoms with E-state index >= 15 is 0 Å². The van der Waals surface area contributed by atoms with Crippen LogP contribution in [0.15, 0.2) is 48.5 Å². The van der Waals surface area contributed by atoms with Gasteiger partial charge in [0.25, 0.3) is 0 Å². The van der Waals surface area contributed by atoms with E-state index in [1.54, 1.807) is 4.68 Å². The number of anilines is 1. The highest BCUT2D eigenvalue weighted by Crippen LogP contribution is 2.42. The van der Waals surface area contributed by atoms with Crippen molar-refractivity contribution in [3.63, 3.8) is 0 Å². The van der Waals surface area contributed by atoms with Crippen molar-refractivity contribution in [2.75, 3.05) is 25.2 Å². The largest absolute Gasteiger partial charge is 0.471 e. The second-order valence-corrected chi connectivity index (χ2v) is 11.9. The Morgan fingerprint density at radius 3 is 2.43 bits per heavy atom. The lowest BCUT2D eigenvalue weighted by Gasteiger charge is -2.28. The maximum absolute atomic E-state index is 13.6. The first-order chi connectivity index (χ1) is 20.3. The first-order valence-corrected chi connectivity index (χ1v) is 16.0. The number of fused-ring (bicyclic) bond motifs is 5. The lowest BCUT2D eigenvalue weighted by atomic mass is 9.95. The number of phosphoric ester groups is 1. The minimum absolute atomic E-state index is 0.0153. The lowest BCUT2D eigenvalue weighted by molar-refractivity contribution is -0.121. The van der Waals surface area contributed by atoms with Gasteiger partial charge in [0, 0.05) is 44.7 Å². The van der Waals surface area contributed by atoms with Crippen molar-refractivity contribution in [3.05, 3.63) is 54.1 Å². The maximum atomic E-state index is 13.6. The molecule has 12 heteroatoms. The van der Waals surface area contributed by atoms with Crippen LogP contribution in [0.3, 0.4) is 0 Å². The Labute approximate surface area is 246 Å². The number of carbonyl (C=O) groups excluding carboxylic acids is 2. The van der Waals surface area contributed by atoms with Gasteiger partial charge in [-0.1, -0.05) is 60.5 Å². The van der Waals surface area contributed by atoms with Gasteiger partial charge >= 0.3 is 7.82 Å². The number of hydrogen-bond acceptors (Lipinski definition) is 7. The van der Waals surface area contributed by atoms with E-state index in [2.05, 4.69) is 20.2 Å². The van der Waals surface area contributed by atoms with Gasteiger partial charge in [-0.3, -0.25) is 18.6 Å². The second-order valence-electron chi connectivity index (χ2n) is 10.4. The lowest BCUT2D eigenvalue weighted by Crippen LogP contribution is -2.31. The number of nitrogens with one attached hydrogen (secondary N) is 1. The van der Waals surface area contributed by atoms with Crippen molar-refractivity contribution in [1.82, 2.24) is 20.3 Å². The minimum atomic E-state index is -3.91. The molecule has 226 valence electrons. The Kier molecular flexibility index (Phi) is 11.4. The van der Waals surface area contributed by atoms with Crippen LogP contribution in [-0.4, -0.2) is 52.0 Å². The third kappa shape index (κ3) is 8.35. The summed E-state index contributed by atoms with van der Waals surface area (Å²) in [7, 11) is -0.912. The number of hydrogen-bond donors (Lipinski definition) is 2. The summed E-state index contributed by atoms with van der Waals surface area (Å²) in [6, 6.07) is 16.0. The van der Waals surface area contributed by atoms with Crippen LogP contribution in [-0.2, 0) is 36.8 Å². The summed E-state index contributed by atoms with van der Waals surface area (Å²) in [6.45, 7) is 1.16. The number of benzene rings is 2. The number of para-hydroxylation sites is 1. The van der Waals surface area contributed by atoms with Gasteiger partial charge in [0.05, 0.1) is 24.5 Å². The molecule has 0 fully saturated rings. The fourth-order valence-electron chi connectivity index (χ4n) is 5.12. The average molecular weight is 598 g/mol. The van der Waals surface area contributed by atoms with E-state index in [1.807, 2.05) is 60.5 Å². The Morgan fingerprint density at radius 2 is 1.64 bits per heavy atom. The molecule has 11 nitrogen and oxygen atoms in total. The zero-order valence-corrected chi connectivity index (χ0v) is 25.2. The van der Waals surface area contributed by atoms with Crippen molar-refractivity contribution < 1.29 is 28.1 Å². The number of amides is 2. The van der Waals surface area contributed by atoms with Gasteiger partial charge in [0.15, 0.2) is 0 Å². The van der Waals surface area contributed by atoms with Gasteiger partial charge in [-0.25, -0.2) is 9.25 Å². The molecule has 0 spiro atoms. The maximum Gasteiger partial charge on any atom is 0.471 e. The molecule has 1 aliphatic heterocycles. The number of aryl methyl sites for hydroxylation is 1. The first kappa shape index (κ1) is 31.6. The third-order valence-electron chi connectivity index (χ3n) is 7.35. The predicted molar refractivity (Wildman–Crippen MR) is 160 cm³/mol. The number of aromatic nitrogens is 3. The Bertz CT molecular complexity index is 1410. The van der Waals surface area contributed by atoms with E-state index in [4.69, 9.17) is 4.52 Å². The summed E-state index contributed by atoms with van der Waals surface area (Å²) >= 11 is 0. The molecule has 1 aromatic heterocycles. The highest BCUT2D eigenvalue weighted by Gasteiger charge is 2.28. The standard InChI is InChI=1S/C30H40N5O6P/c1-34-30-25-16-10-11-17-26(25)35(22-23-14-8-9-15-24(23)29(30)32-33-34)28(37)19-7-4-3-6-18-27(36)31-20-12-5-13-21-41-42(38,39)40-2/h8-11,14-17H,3-7,12-13,18-22H2,1-2H3,(H,31,36)(H,38,39). The van der Waals surface area contributed by atoms with Gasteiger partial charge < -0.3 is 15.1 Å². The summed E-state index contributed by atoms with van der Waals surface area (Å²) in [4.78, 5) is 36.7. The highest BCUT2D eigenvalue weighted by atomic mass is 31.2. The molecule has 0 radical (unpaired) electrons. The summed E-state index contributed by atoms with van der Waals surface area (Å²) < 4.78 is 22.1. The number of rotatable bonds is 15. The molecule has 2 aromatic carbocycles. The van der Waals surface area contributed by atoms with Crippen LogP contribution in [0, 0.1) is 0 Å². The molecule has 42 heavy (non-hydrogen) atoms. The van der Waals surface area contributed by atoms with Gasteiger partial charge in [-0.05, 0) is 43.7 Å². The van der Waals surface area contributed by atoms with Gasteiger partial charge in [0.1, 0.15) is 5.69 Å².